The highest BCUT2D eigenvalue weighted by atomic mass is 16.5. The van der Waals surface area contributed by atoms with Gasteiger partial charge in [-0.2, -0.15) is 0 Å². The number of rotatable bonds is 1. The summed E-state index contributed by atoms with van der Waals surface area (Å²) >= 11 is 0. The SMILES string of the molecule is C1=CCOC=C1.O=C(O)c1ccc2ccccc2n1. The molecule has 2 aromatic rings. The Morgan fingerprint density at radius 2 is 2.00 bits per heavy atom. The Morgan fingerprint density at radius 1 is 1.16 bits per heavy atom. The molecule has 96 valence electrons. The number of hydrogen-bond acceptors (Lipinski definition) is 3. The van der Waals surface area contributed by atoms with Crippen LogP contribution in [-0.2, 0) is 4.74 Å². The van der Waals surface area contributed by atoms with Crippen molar-refractivity contribution in [2.45, 2.75) is 0 Å². The van der Waals surface area contributed by atoms with E-state index in [0.29, 0.717) is 5.52 Å². The third kappa shape index (κ3) is 3.67. The van der Waals surface area contributed by atoms with Gasteiger partial charge in [0.1, 0.15) is 12.3 Å². The van der Waals surface area contributed by atoms with Gasteiger partial charge in [0.25, 0.3) is 0 Å². The first kappa shape index (κ1) is 12.8. The zero-order chi connectivity index (χ0) is 13.5. The van der Waals surface area contributed by atoms with Crippen LogP contribution in [0.2, 0.25) is 0 Å². The van der Waals surface area contributed by atoms with Crippen LogP contribution >= 0.6 is 0 Å². The Balaban J connectivity index is 0.000000186. The summed E-state index contributed by atoms with van der Waals surface area (Å²) in [4.78, 5) is 14.6. The Bertz CT molecular complexity index is 620. The summed E-state index contributed by atoms with van der Waals surface area (Å²) in [7, 11) is 0. The van der Waals surface area contributed by atoms with Crippen LogP contribution in [0.25, 0.3) is 10.9 Å². The van der Waals surface area contributed by atoms with Gasteiger partial charge in [0.2, 0.25) is 0 Å². The average molecular weight is 255 g/mol. The van der Waals surface area contributed by atoms with Crippen molar-refractivity contribution in [2.24, 2.45) is 0 Å². The lowest BCUT2D eigenvalue weighted by molar-refractivity contribution is 0.0691. The first-order valence-corrected chi connectivity index (χ1v) is 5.80. The quantitative estimate of drug-likeness (QED) is 0.850. The number of carbonyl (C=O) groups is 1. The molecule has 4 nitrogen and oxygen atoms in total. The highest BCUT2D eigenvalue weighted by molar-refractivity contribution is 5.89. The van der Waals surface area contributed by atoms with Gasteiger partial charge in [-0.05, 0) is 24.3 Å². The van der Waals surface area contributed by atoms with E-state index < -0.39 is 5.97 Å². The van der Waals surface area contributed by atoms with E-state index in [0.717, 1.165) is 12.0 Å². The van der Waals surface area contributed by atoms with Gasteiger partial charge in [0.15, 0.2) is 0 Å². The second-order valence-electron chi connectivity index (χ2n) is 3.78. The minimum Gasteiger partial charge on any atom is -0.497 e. The second-order valence-corrected chi connectivity index (χ2v) is 3.78. The molecule has 0 saturated carbocycles. The van der Waals surface area contributed by atoms with Crippen molar-refractivity contribution >= 4 is 16.9 Å². The molecule has 0 aliphatic carbocycles. The van der Waals surface area contributed by atoms with Gasteiger partial charge in [0, 0.05) is 5.39 Å². The monoisotopic (exact) mass is 255 g/mol. The third-order valence-corrected chi connectivity index (χ3v) is 2.43. The van der Waals surface area contributed by atoms with Crippen molar-refractivity contribution in [1.29, 1.82) is 0 Å². The molecule has 3 rings (SSSR count). The average Bonchev–Trinajstić information content (AvgIpc) is 2.49. The largest absolute Gasteiger partial charge is 0.497 e. The molecule has 1 aromatic heterocycles. The Labute approximate surface area is 110 Å². The predicted molar refractivity (Wildman–Crippen MR) is 72.9 cm³/mol. The van der Waals surface area contributed by atoms with Crippen molar-refractivity contribution in [3.8, 4) is 0 Å². The van der Waals surface area contributed by atoms with E-state index in [1.807, 2.05) is 36.4 Å². The fourth-order valence-electron chi connectivity index (χ4n) is 1.53. The normalized spacial score (nSPS) is 12.4. The number of nitrogens with zero attached hydrogens (tertiary/aromatic N) is 1. The molecular weight excluding hydrogens is 242 g/mol. The molecule has 4 heteroatoms. The molecule has 1 aliphatic rings. The van der Waals surface area contributed by atoms with E-state index in [9.17, 15) is 4.79 Å². The first-order valence-electron chi connectivity index (χ1n) is 5.80. The molecule has 0 fully saturated rings. The minimum absolute atomic E-state index is 0.0821. The number of pyridine rings is 1. The van der Waals surface area contributed by atoms with Crippen molar-refractivity contribution in [1.82, 2.24) is 4.98 Å². The molecule has 1 N–H and O–H groups in total. The first-order chi connectivity index (χ1) is 9.27. The summed E-state index contributed by atoms with van der Waals surface area (Å²) in [6.45, 7) is 0.733. The maximum absolute atomic E-state index is 10.6. The van der Waals surface area contributed by atoms with Crippen LogP contribution in [0, 0.1) is 0 Å². The maximum atomic E-state index is 10.6. The summed E-state index contributed by atoms with van der Waals surface area (Å²) in [5, 5.41) is 9.63. The molecular formula is C15H13NO3. The Hall–Kier alpha value is -2.62. The van der Waals surface area contributed by atoms with Gasteiger partial charge in [-0.1, -0.05) is 30.3 Å². The summed E-state index contributed by atoms with van der Waals surface area (Å²) < 4.78 is 4.80. The number of hydrogen-bond donors (Lipinski definition) is 1. The van der Waals surface area contributed by atoms with Crippen LogP contribution in [0.5, 0.6) is 0 Å². The number of aromatic nitrogens is 1. The van der Waals surface area contributed by atoms with Crippen LogP contribution in [0.3, 0.4) is 0 Å². The lowest BCUT2D eigenvalue weighted by atomic mass is 10.2. The molecule has 1 aliphatic heterocycles. The van der Waals surface area contributed by atoms with Crippen LogP contribution in [0.4, 0.5) is 0 Å². The van der Waals surface area contributed by atoms with Gasteiger partial charge in [-0.15, -0.1) is 0 Å². The third-order valence-electron chi connectivity index (χ3n) is 2.43. The number of ether oxygens (including phenoxy) is 1. The summed E-state index contributed by atoms with van der Waals surface area (Å²) in [6.07, 6.45) is 7.47. The van der Waals surface area contributed by atoms with E-state index in [4.69, 9.17) is 9.84 Å². The number of fused-ring (bicyclic) bond motifs is 1. The van der Waals surface area contributed by atoms with Gasteiger partial charge >= 0.3 is 5.97 Å². The van der Waals surface area contributed by atoms with Crippen molar-refractivity contribution in [2.75, 3.05) is 6.61 Å². The van der Waals surface area contributed by atoms with E-state index in [-0.39, 0.29) is 5.69 Å². The van der Waals surface area contributed by atoms with Crippen molar-refractivity contribution in [3.63, 3.8) is 0 Å². The van der Waals surface area contributed by atoms with Crippen LogP contribution < -0.4 is 0 Å². The number of benzene rings is 1. The predicted octanol–water partition coefficient (Wildman–Crippen LogP) is 3.02. The fourth-order valence-corrected chi connectivity index (χ4v) is 1.53. The highest BCUT2D eigenvalue weighted by Gasteiger charge is 2.03. The summed E-state index contributed by atoms with van der Waals surface area (Å²) in [5.74, 6) is -0.995. The molecule has 2 heterocycles. The van der Waals surface area contributed by atoms with Gasteiger partial charge in [-0.3, -0.25) is 0 Å². The van der Waals surface area contributed by atoms with Gasteiger partial charge < -0.3 is 9.84 Å². The smallest absolute Gasteiger partial charge is 0.354 e. The van der Waals surface area contributed by atoms with Crippen LogP contribution in [0.15, 0.2) is 60.9 Å². The number of para-hydroxylation sites is 1. The van der Waals surface area contributed by atoms with Gasteiger partial charge in [0.05, 0.1) is 11.8 Å². The van der Waals surface area contributed by atoms with E-state index in [2.05, 4.69) is 4.98 Å². The lowest BCUT2D eigenvalue weighted by Gasteiger charge is -1.97. The molecule has 0 atom stereocenters. The molecule has 0 saturated heterocycles. The summed E-state index contributed by atoms with van der Waals surface area (Å²) in [5.41, 5.74) is 0.793. The Kier molecular flexibility index (Phi) is 4.29. The summed E-state index contributed by atoms with van der Waals surface area (Å²) in [6, 6.07) is 10.7. The van der Waals surface area contributed by atoms with Crippen molar-refractivity contribution in [3.05, 3.63) is 66.6 Å². The van der Waals surface area contributed by atoms with Crippen molar-refractivity contribution < 1.29 is 14.6 Å². The van der Waals surface area contributed by atoms with E-state index >= 15 is 0 Å². The number of aromatic carboxylic acids is 1. The van der Waals surface area contributed by atoms with Gasteiger partial charge in [-0.25, -0.2) is 9.78 Å². The van der Waals surface area contributed by atoms with E-state index in [1.165, 1.54) is 6.07 Å². The minimum atomic E-state index is -0.995. The zero-order valence-corrected chi connectivity index (χ0v) is 10.2. The molecule has 0 spiro atoms. The van der Waals surface area contributed by atoms with Crippen LogP contribution in [-0.4, -0.2) is 22.7 Å². The molecule has 0 bridgehead atoms. The molecule has 0 radical (unpaired) electrons. The number of allylic oxidation sites excluding steroid dienone is 2. The highest BCUT2D eigenvalue weighted by Crippen LogP contribution is 2.11. The van der Waals surface area contributed by atoms with E-state index in [1.54, 1.807) is 18.4 Å². The Morgan fingerprint density at radius 3 is 2.58 bits per heavy atom. The molecule has 19 heavy (non-hydrogen) atoms. The zero-order valence-electron chi connectivity index (χ0n) is 10.2. The number of carboxylic acid groups (broad SMARTS) is 1. The fraction of sp³-hybridized carbons (Fsp3) is 0.0667. The topological polar surface area (TPSA) is 59.4 Å². The standard InChI is InChI=1S/C10H7NO2.C5H6O/c12-10(13)9-6-5-7-3-1-2-4-8(7)11-9;1-2-4-6-5-3-1/h1-6H,(H,12,13);1-4H,5H2. The second kappa shape index (κ2) is 6.35. The maximum Gasteiger partial charge on any atom is 0.354 e. The molecule has 0 unspecified atom stereocenters. The number of carboxylic acids is 1. The lowest BCUT2D eigenvalue weighted by Crippen LogP contribution is -1.99. The van der Waals surface area contributed by atoms with Crippen LogP contribution in [0.1, 0.15) is 10.5 Å². The molecule has 1 aromatic carbocycles. The molecule has 0 amide bonds.